The highest BCUT2D eigenvalue weighted by atomic mass is 16.5. The smallest absolute Gasteiger partial charge is 0.282 e. The molecule has 2 amide bonds. The summed E-state index contributed by atoms with van der Waals surface area (Å²) in [4.78, 5) is 24.5. The van der Waals surface area contributed by atoms with Crippen molar-refractivity contribution in [2.75, 3.05) is 14.2 Å². The summed E-state index contributed by atoms with van der Waals surface area (Å²) in [6.45, 7) is 0. The van der Waals surface area contributed by atoms with Gasteiger partial charge in [-0.25, -0.2) is 0 Å². The molecule has 6 nitrogen and oxygen atoms in total. The number of carbonyl (C=O) groups is 2. The first kappa shape index (κ1) is 14.8. The summed E-state index contributed by atoms with van der Waals surface area (Å²) < 4.78 is 10.5. The zero-order valence-electron chi connectivity index (χ0n) is 12.6. The molecule has 6 heteroatoms. The van der Waals surface area contributed by atoms with Crippen LogP contribution in [0.3, 0.4) is 0 Å². The van der Waals surface area contributed by atoms with Gasteiger partial charge in [0.05, 0.1) is 37.1 Å². The number of rotatable bonds is 4. The van der Waals surface area contributed by atoms with Crippen LogP contribution in [0.2, 0.25) is 0 Å². The molecule has 2 aromatic rings. The lowest BCUT2D eigenvalue weighted by atomic mass is 10.1. The number of ether oxygens (including phenoxy) is 2. The van der Waals surface area contributed by atoms with Gasteiger partial charge >= 0.3 is 0 Å². The Bertz CT molecular complexity index is 757. The van der Waals surface area contributed by atoms with E-state index in [1.165, 1.54) is 20.4 Å². The lowest BCUT2D eigenvalue weighted by Gasteiger charge is -2.10. The molecule has 0 aliphatic carbocycles. The largest absolute Gasteiger partial charge is 0.496 e. The molecular weight excluding hydrogens is 296 g/mol. The molecule has 0 saturated heterocycles. The molecule has 0 unspecified atom stereocenters. The van der Waals surface area contributed by atoms with Crippen molar-refractivity contribution in [2.45, 2.75) is 0 Å². The summed E-state index contributed by atoms with van der Waals surface area (Å²) in [5.41, 5.74) is 1.25. The van der Waals surface area contributed by atoms with Crippen LogP contribution in [-0.2, 0) is 0 Å². The first-order valence-corrected chi connectivity index (χ1v) is 6.90. The molecule has 1 aliphatic rings. The minimum absolute atomic E-state index is 0.349. The maximum absolute atomic E-state index is 12.3. The lowest BCUT2D eigenvalue weighted by molar-refractivity contribution is 0.0660. The quantitative estimate of drug-likeness (QED) is 0.642. The molecule has 23 heavy (non-hydrogen) atoms. The molecule has 1 heterocycles. The minimum Gasteiger partial charge on any atom is -0.496 e. The van der Waals surface area contributed by atoms with Crippen LogP contribution >= 0.6 is 0 Å². The van der Waals surface area contributed by atoms with Crippen LogP contribution < -0.4 is 9.47 Å². The van der Waals surface area contributed by atoms with Gasteiger partial charge in [-0.2, -0.15) is 10.1 Å². The van der Waals surface area contributed by atoms with Crippen molar-refractivity contribution in [3.63, 3.8) is 0 Å². The monoisotopic (exact) mass is 310 g/mol. The number of hydrazone groups is 1. The van der Waals surface area contributed by atoms with Crippen LogP contribution in [0.4, 0.5) is 0 Å². The van der Waals surface area contributed by atoms with Crippen molar-refractivity contribution in [2.24, 2.45) is 5.10 Å². The molecule has 3 rings (SSSR count). The van der Waals surface area contributed by atoms with Gasteiger partial charge in [-0.3, -0.25) is 9.59 Å². The van der Waals surface area contributed by atoms with E-state index < -0.39 is 11.8 Å². The standard InChI is InChI=1S/C17H14N2O4/c1-22-14-8-5-9-15(23-2)13(14)10-18-19-16(20)11-6-3-4-7-12(11)17(19)21/h3-10H,1-2H3/b18-10-. The maximum atomic E-state index is 12.3. The van der Waals surface area contributed by atoms with Gasteiger partial charge in [0.25, 0.3) is 11.8 Å². The Morgan fingerprint density at radius 1 is 0.870 bits per heavy atom. The summed E-state index contributed by atoms with van der Waals surface area (Å²) in [6, 6.07) is 11.9. The molecule has 0 spiro atoms. The van der Waals surface area contributed by atoms with E-state index in [0.717, 1.165) is 5.01 Å². The van der Waals surface area contributed by atoms with Gasteiger partial charge in [0.2, 0.25) is 0 Å². The molecule has 0 bridgehead atoms. The van der Waals surface area contributed by atoms with Crippen molar-refractivity contribution in [3.8, 4) is 11.5 Å². The highest BCUT2D eigenvalue weighted by molar-refractivity contribution is 6.21. The molecule has 0 saturated carbocycles. The number of carbonyl (C=O) groups excluding carboxylic acids is 2. The minimum atomic E-state index is -0.448. The summed E-state index contributed by atoms with van der Waals surface area (Å²) in [5, 5.41) is 4.88. The van der Waals surface area contributed by atoms with Crippen LogP contribution in [0, 0.1) is 0 Å². The van der Waals surface area contributed by atoms with Crippen molar-refractivity contribution in [1.82, 2.24) is 5.01 Å². The molecule has 1 aliphatic heterocycles. The van der Waals surface area contributed by atoms with E-state index in [0.29, 0.717) is 28.2 Å². The van der Waals surface area contributed by atoms with Crippen LogP contribution in [0.15, 0.2) is 47.6 Å². The SMILES string of the molecule is COc1cccc(OC)c1/C=N\N1C(=O)c2ccccc2C1=O. The van der Waals surface area contributed by atoms with Crippen LogP contribution in [0.1, 0.15) is 26.3 Å². The van der Waals surface area contributed by atoms with Gasteiger partial charge in [0.15, 0.2) is 0 Å². The van der Waals surface area contributed by atoms with E-state index >= 15 is 0 Å². The zero-order valence-corrected chi connectivity index (χ0v) is 12.6. The molecule has 116 valence electrons. The summed E-state index contributed by atoms with van der Waals surface area (Å²) in [5.74, 6) is 0.167. The number of benzene rings is 2. The fraction of sp³-hybridized carbons (Fsp3) is 0.118. The molecule has 0 radical (unpaired) electrons. The number of methoxy groups -OCH3 is 2. The lowest BCUT2D eigenvalue weighted by Crippen LogP contribution is -2.24. The fourth-order valence-corrected chi connectivity index (χ4v) is 2.40. The van der Waals surface area contributed by atoms with Crippen molar-refractivity contribution < 1.29 is 19.1 Å². The van der Waals surface area contributed by atoms with Gasteiger partial charge in [-0.15, -0.1) is 0 Å². The Hall–Kier alpha value is -3.15. The molecule has 0 N–H and O–H groups in total. The van der Waals surface area contributed by atoms with E-state index in [1.807, 2.05) is 0 Å². The van der Waals surface area contributed by atoms with E-state index in [4.69, 9.17) is 9.47 Å². The van der Waals surface area contributed by atoms with Crippen LogP contribution in [-0.4, -0.2) is 37.3 Å². The molecule has 2 aromatic carbocycles. The number of hydrogen-bond donors (Lipinski definition) is 0. The van der Waals surface area contributed by atoms with Gasteiger partial charge < -0.3 is 9.47 Å². The average Bonchev–Trinajstić information content (AvgIpc) is 2.84. The third kappa shape index (κ3) is 2.44. The Balaban J connectivity index is 1.97. The summed E-state index contributed by atoms with van der Waals surface area (Å²) in [6.07, 6.45) is 1.39. The predicted octanol–water partition coefficient (Wildman–Crippen LogP) is 2.33. The first-order chi connectivity index (χ1) is 11.2. The van der Waals surface area contributed by atoms with E-state index in [2.05, 4.69) is 5.10 Å². The van der Waals surface area contributed by atoms with Gasteiger partial charge in [0.1, 0.15) is 11.5 Å². The number of nitrogens with zero attached hydrogens (tertiary/aromatic N) is 2. The molecular formula is C17H14N2O4. The highest BCUT2D eigenvalue weighted by Crippen LogP contribution is 2.27. The second kappa shape index (κ2) is 5.92. The normalized spacial score (nSPS) is 13.6. The average molecular weight is 310 g/mol. The Kier molecular flexibility index (Phi) is 3.80. The second-order valence-corrected chi connectivity index (χ2v) is 4.79. The van der Waals surface area contributed by atoms with Gasteiger partial charge in [0, 0.05) is 0 Å². The Morgan fingerprint density at radius 3 is 1.87 bits per heavy atom. The molecule has 0 fully saturated rings. The number of imide groups is 1. The first-order valence-electron chi connectivity index (χ1n) is 6.90. The number of fused-ring (bicyclic) bond motifs is 1. The van der Waals surface area contributed by atoms with E-state index in [-0.39, 0.29) is 0 Å². The van der Waals surface area contributed by atoms with E-state index in [1.54, 1.807) is 42.5 Å². The zero-order chi connectivity index (χ0) is 16.4. The van der Waals surface area contributed by atoms with Gasteiger partial charge in [-0.1, -0.05) is 18.2 Å². The van der Waals surface area contributed by atoms with Crippen molar-refractivity contribution in [1.29, 1.82) is 0 Å². The third-order valence-corrected chi connectivity index (χ3v) is 3.54. The van der Waals surface area contributed by atoms with E-state index in [9.17, 15) is 9.59 Å². The van der Waals surface area contributed by atoms with Crippen LogP contribution in [0.25, 0.3) is 0 Å². The third-order valence-electron chi connectivity index (χ3n) is 3.54. The van der Waals surface area contributed by atoms with Crippen molar-refractivity contribution in [3.05, 3.63) is 59.2 Å². The summed E-state index contributed by atoms with van der Waals surface area (Å²) >= 11 is 0. The topological polar surface area (TPSA) is 68.2 Å². The Labute approximate surface area is 132 Å². The highest BCUT2D eigenvalue weighted by Gasteiger charge is 2.35. The number of hydrogen-bond acceptors (Lipinski definition) is 5. The predicted molar refractivity (Wildman–Crippen MR) is 84.1 cm³/mol. The fourth-order valence-electron chi connectivity index (χ4n) is 2.40. The molecule has 0 aromatic heterocycles. The number of amides is 2. The van der Waals surface area contributed by atoms with Crippen molar-refractivity contribution >= 4 is 18.0 Å². The maximum Gasteiger partial charge on any atom is 0.282 e. The second-order valence-electron chi connectivity index (χ2n) is 4.79. The van der Waals surface area contributed by atoms with Gasteiger partial charge in [-0.05, 0) is 24.3 Å². The van der Waals surface area contributed by atoms with Crippen LogP contribution in [0.5, 0.6) is 11.5 Å². The Morgan fingerprint density at radius 2 is 1.39 bits per heavy atom. The summed E-state index contributed by atoms with van der Waals surface area (Å²) in [7, 11) is 3.04. The molecule has 0 atom stereocenters.